The molecule has 2 rings (SSSR count). The number of alkyl halides is 3. The van der Waals surface area contributed by atoms with Crippen LogP contribution in [0.1, 0.15) is 22.9 Å². The monoisotopic (exact) mass is 334 g/mol. The molecule has 1 N–H and O–H groups in total. The first-order chi connectivity index (χ1) is 9.75. The Morgan fingerprint density at radius 2 is 2.14 bits per heavy atom. The minimum Gasteiger partial charge on any atom is -0.302 e. The number of nitrogens with one attached hydrogen (secondary N) is 1. The van der Waals surface area contributed by atoms with Crippen LogP contribution in [0.3, 0.4) is 0 Å². The quantitative estimate of drug-likeness (QED) is 0.906. The van der Waals surface area contributed by atoms with Crippen LogP contribution in [0, 0.1) is 0 Å². The molecule has 1 heterocycles. The molecule has 1 aromatic carbocycles. The van der Waals surface area contributed by atoms with Crippen LogP contribution in [-0.4, -0.2) is 10.9 Å². The Morgan fingerprint density at radius 3 is 2.76 bits per heavy atom. The first kappa shape index (κ1) is 15.8. The SMILES string of the molecule is CC(=O)Nc1ncc(Cc2cc(Cl)ccc2C(F)(F)F)s1. The van der Waals surface area contributed by atoms with Gasteiger partial charge >= 0.3 is 6.18 Å². The maximum Gasteiger partial charge on any atom is 0.416 e. The highest BCUT2D eigenvalue weighted by Gasteiger charge is 2.33. The number of carbonyl (C=O) groups excluding carboxylic acids is 1. The molecule has 2 aromatic rings. The molecule has 0 aliphatic carbocycles. The number of thiazole rings is 1. The highest BCUT2D eigenvalue weighted by molar-refractivity contribution is 7.15. The summed E-state index contributed by atoms with van der Waals surface area (Å²) in [5.74, 6) is -0.283. The highest BCUT2D eigenvalue weighted by Crippen LogP contribution is 2.35. The Labute approximate surface area is 127 Å². The zero-order chi connectivity index (χ0) is 15.6. The molecular weight excluding hydrogens is 325 g/mol. The number of nitrogens with zero attached hydrogens (tertiary/aromatic N) is 1. The molecule has 0 saturated heterocycles. The van der Waals surface area contributed by atoms with Gasteiger partial charge in [0.05, 0.1) is 5.56 Å². The van der Waals surface area contributed by atoms with Gasteiger partial charge < -0.3 is 5.32 Å². The molecule has 0 aliphatic rings. The van der Waals surface area contributed by atoms with Crippen LogP contribution in [0.25, 0.3) is 0 Å². The van der Waals surface area contributed by atoms with E-state index in [-0.39, 0.29) is 22.9 Å². The standard InChI is InChI=1S/C13H10ClF3N2OS/c1-7(20)19-12-18-6-10(21-12)5-8-4-9(14)2-3-11(8)13(15,16)17/h2-4,6H,5H2,1H3,(H,18,19,20). The van der Waals surface area contributed by atoms with E-state index in [9.17, 15) is 18.0 Å². The zero-order valence-corrected chi connectivity index (χ0v) is 12.4. The van der Waals surface area contributed by atoms with Crippen LogP contribution in [0.4, 0.5) is 18.3 Å². The van der Waals surface area contributed by atoms with Gasteiger partial charge in [-0.05, 0) is 23.8 Å². The maximum atomic E-state index is 12.9. The van der Waals surface area contributed by atoms with Gasteiger partial charge in [0.1, 0.15) is 0 Å². The molecule has 0 saturated carbocycles. The van der Waals surface area contributed by atoms with Gasteiger partial charge in [-0.2, -0.15) is 13.2 Å². The van der Waals surface area contributed by atoms with Crippen molar-refractivity contribution >= 4 is 34.0 Å². The topological polar surface area (TPSA) is 42.0 Å². The van der Waals surface area contributed by atoms with Gasteiger partial charge in [-0.15, -0.1) is 11.3 Å². The van der Waals surface area contributed by atoms with Crippen LogP contribution in [0.5, 0.6) is 0 Å². The number of benzene rings is 1. The minimum absolute atomic E-state index is 0.0483. The summed E-state index contributed by atoms with van der Waals surface area (Å²) in [6, 6.07) is 3.47. The number of amides is 1. The molecule has 1 aromatic heterocycles. The summed E-state index contributed by atoms with van der Waals surface area (Å²) in [6.07, 6.45) is -2.95. The first-order valence-electron chi connectivity index (χ1n) is 5.83. The molecule has 0 unspecified atom stereocenters. The molecule has 1 amide bonds. The lowest BCUT2D eigenvalue weighted by Crippen LogP contribution is -2.09. The van der Waals surface area contributed by atoms with Gasteiger partial charge in [0.15, 0.2) is 5.13 Å². The van der Waals surface area contributed by atoms with Crippen molar-refractivity contribution in [1.82, 2.24) is 4.98 Å². The van der Waals surface area contributed by atoms with Crippen molar-refractivity contribution in [3.63, 3.8) is 0 Å². The minimum atomic E-state index is -4.44. The fourth-order valence-electron chi connectivity index (χ4n) is 1.77. The van der Waals surface area contributed by atoms with Crippen molar-refractivity contribution in [2.24, 2.45) is 0 Å². The number of rotatable bonds is 3. The fourth-order valence-corrected chi connectivity index (χ4v) is 2.85. The van der Waals surface area contributed by atoms with E-state index in [1.165, 1.54) is 25.3 Å². The van der Waals surface area contributed by atoms with Gasteiger partial charge in [0, 0.05) is 29.4 Å². The summed E-state index contributed by atoms with van der Waals surface area (Å²) in [5, 5.41) is 3.08. The third-order valence-electron chi connectivity index (χ3n) is 2.57. The molecule has 0 radical (unpaired) electrons. The molecule has 0 spiro atoms. The van der Waals surface area contributed by atoms with Crippen LogP contribution in [0.15, 0.2) is 24.4 Å². The molecular formula is C13H10ClF3N2OS. The van der Waals surface area contributed by atoms with Gasteiger partial charge in [0.25, 0.3) is 0 Å². The fraction of sp³-hybridized carbons (Fsp3) is 0.231. The molecule has 3 nitrogen and oxygen atoms in total. The Balaban J connectivity index is 2.28. The van der Waals surface area contributed by atoms with Gasteiger partial charge in [0.2, 0.25) is 5.91 Å². The van der Waals surface area contributed by atoms with E-state index in [0.29, 0.717) is 10.0 Å². The van der Waals surface area contributed by atoms with E-state index < -0.39 is 11.7 Å². The van der Waals surface area contributed by atoms with E-state index in [0.717, 1.165) is 17.4 Å². The molecule has 112 valence electrons. The summed E-state index contributed by atoms with van der Waals surface area (Å²) in [5.41, 5.74) is -0.644. The van der Waals surface area contributed by atoms with Crippen molar-refractivity contribution in [1.29, 1.82) is 0 Å². The second kappa shape index (κ2) is 6.03. The number of carbonyl (C=O) groups is 1. The van der Waals surface area contributed by atoms with E-state index >= 15 is 0 Å². The Hall–Kier alpha value is -1.60. The average molecular weight is 335 g/mol. The van der Waals surface area contributed by atoms with Crippen molar-refractivity contribution in [3.8, 4) is 0 Å². The lowest BCUT2D eigenvalue weighted by molar-refractivity contribution is -0.138. The van der Waals surface area contributed by atoms with Gasteiger partial charge in [-0.1, -0.05) is 11.6 Å². The van der Waals surface area contributed by atoms with E-state index in [4.69, 9.17) is 11.6 Å². The third-order valence-corrected chi connectivity index (χ3v) is 3.72. The van der Waals surface area contributed by atoms with E-state index in [1.54, 1.807) is 0 Å². The second-order valence-corrected chi connectivity index (χ2v) is 5.84. The number of hydrogen-bond donors (Lipinski definition) is 1. The summed E-state index contributed by atoms with van der Waals surface area (Å²) in [4.78, 5) is 15.4. The molecule has 21 heavy (non-hydrogen) atoms. The normalized spacial score (nSPS) is 11.5. The van der Waals surface area contributed by atoms with Crippen molar-refractivity contribution in [2.45, 2.75) is 19.5 Å². The van der Waals surface area contributed by atoms with E-state index in [2.05, 4.69) is 10.3 Å². The summed E-state index contributed by atoms with van der Waals surface area (Å²) >= 11 is 6.90. The smallest absolute Gasteiger partial charge is 0.302 e. The third kappa shape index (κ3) is 4.18. The Kier molecular flexibility index (Phi) is 4.53. The lowest BCUT2D eigenvalue weighted by Gasteiger charge is -2.12. The van der Waals surface area contributed by atoms with Crippen molar-refractivity contribution < 1.29 is 18.0 Å². The second-order valence-electron chi connectivity index (χ2n) is 4.29. The number of halogens is 4. The predicted molar refractivity (Wildman–Crippen MR) is 75.7 cm³/mol. The van der Waals surface area contributed by atoms with Crippen molar-refractivity contribution in [2.75, 3.05) is 5.32 Å². The number of anilines is 1. The van der Waals surface area contributed by atoms with Crippen LogP contribution >= 0.6 is 22.9 Å². The number of hydrogen-bond acceptors (Lipinski definition) is 3. The summed E-state index contributed by atoms with van der Waals surface area (Å²) in [6.45, 7) is 1.33. The summed E-state index contributed by atoms with van der Waals surface area (Å²) < 4.78 is 38.8. The van der Waals surface area contributed by atoms with Crippen LogP contribution < -0.4 is 5.32 Å². The molecule has 0 bridgehead atoms. The predicted octanol–water partition coefficient (Wildman–Crippen LogP) is 4.36. The average Bonchev–Trinajstić information content (AvgIpc) is 2.73. The Bertz CT molecular complexity index is 670. The van der Waals surface area contributed by atoms with Crippen LogP contribution in [0.2, 0.25) is 5.02 Å². The molecule has 8 heteroatoms. The zero-order valence-electron chi connectivity index (χ0n) is 10.8. The highest BCUT2D eigenvalue weighted by atomic mass is 35.5. The van der Waals surface area contributed by atoms with E-state index in [1.807, 2.05) is 0 Å². The molecule has 0 aliphatic heterocycles. The lowest BCUT2D eigenvalue weighted by atomic mass is 10.0. The van der Waals surface area contributed by atoms with Gasteiger partial charge in [-0.3, -0.25) is 4.79 Å². The maximum absolute atomic E-state index is 12.9. The first-order valence-corrected chi connectivity index (χ1v) is 7.03. The van der Waals surface area contributed by atoms with Crippen molar-refractivity contribution in [3.05, 3.63) is 45.4 Å². The van der Waals surface area contributed by atoms with Gasteiger partial charge in [-0.25, -0.2) is 4.98 Å². The Morgan fingerprint density at radius 1 is 1.43 bits per heavy atom. The number of aromatic nitrogens is 1. The molecule has 0 fully saturated rings. The van der Waals surface area contributed by atoms with Crippen LogP contribution in [-0.2, 0) is 17.4 Å². The molecule has 0 atom stereocenters. The summed E-state index contributed by atoms with van der Waals surface area (Å²) in [7, 11) is 0. The largest absolute Gasteiger partial charge is 0.416 e.